The van der Waals surface area contributed by atoms with E-state index >= 15 is 0 Å². The number of aliphatic hydroxyl groups excluding tert-OH is 3. The first-order valence-corrected chi connectivity index (χ1v) is 4.47. The molecule has 1 heterocycles. The van der Waals surface area contributed by atoms with Crippen molar-refractivity contribution in [2.75, 3.05) is 7.11 Å². The lowest BCUT2D eigenvalue weighted by atomic mass is 10.0. The first-order valence-electron chi connectivity index (χ1n) is 4.47. The van der Waals surface area contributed by atoms with Crippen LogP contribution in [0.3, 0.4) is 0 Å². The Morgan fingerprint density at radius 2 is 1.93 bits per heavy atom. The van der Waals surface area contributed by atoms with Gasteiger partial charge in [-0.05, 0) is 0 Å². The number of methoxy groups -OCH3 is 1. The van der Waals surface area contributed by atoms with Crippen molar-refractivity contribution in [3.05, 3.63) is 0 Å². The topological polar surface area (TPSA) is 108 Å². The quantitative estimate of drug-likeness (QED) is 0.411. The molecule has 1 rings (SSSR count). The number of ether oxygens (including phenoxy) is 2. The Hall–Kier alpha value is -0.730. The molecule has 5 atom stereocenters. The van der Waals surface area contributed by atoms with Crippen molar-refractivity contribution in [3.8, 4) is 0 Å². The summed E-state index contributed by atoms with van der Waals surface area (Å²) in [5.41, 5.74) is 0. The minimum Gasteiger partial charge on any atom is -0.388 e. The van der Waals surface area contributed by atoms with Crippen molar-refractivity contribution in [2.24, 2.45) is 0 Å². The zero-order valence-electron chi connectivity index (χ0n) is 8.45. The van der Waals surface area contributed by atoms with Crippen molar-refractivity contribution in [1.82, 2.24) is 5.32 Å². The molecule has 1 amide bonds. The number of carbonyl (C=O) groups is 1. The van der Waals surface area contributed by atoms with Gasteiger partial charge in [-0.3, -0.25) is 4.79 Å². The van der Waals surface area contributed by atoms with E-state index in [-0.39, 0.29) is 0 Å². The Morgan fingerprint density at radius 3 is 2.40 bits per heavy atom. The van der Waals surface area contributed by atoms with Gasteiger partial charge in [-0.15, -0.1) is 0 Å². The zero-order valence-corrected chi connectivity index (χ0v) is 8.45. The third kappa shape index (κ3) is 2.64. The molecule has 0 saturated carbocycles. The van der Waals surface area contributed by atoms with Crippen LogP contribution in [0.1, 0.15) is 6.92 Å². The molecule has 1 fully saturated rings. The smallest absolute Gasteiger partial charge is 0.217 e. The summed E-state index contributed by atoms with van der Waals surface area (Å²) in [6.07, 6.45) is -5.35. The van der Waals surface area contributed by atoms with Crippen LogP contribution >= 0.6 is 0 Å². The molecule has 5 unspecified atom stereocenters. The summed E-state index contributed by atoms with van der Waals surface area (Å²) >= 11 is 0. The molecule has 0 aliphatic carbocycles. The minimum absolute atomic E-state index is 0.395. The van der Waals surface area contributed by atoms with Gasteiger partial charge in [0.05, 0.1) is 0 Å². The Labute approximate surface area is 86.6 Å². The van der Waals surface area contributed by atoms with Crippen molar-refractivity contribution < 1.29 is 29.6 Å². The van der Waals surface area contributed by atoms with Gasteiger partial charge >= 0.3 is 0 Å². The van der Waals surface area contributed by atoms with Gasteiger partial charge in [-0.25, -0.2) is 0 Å². The lowest BCUT2D eigenvalue weighted by Crippen LogP contribution is -2.63. The molecule has 1 aliphatic rings. The number of nitrogens with one attached hydrogen (secondary N) is 1. The van der Waals surface area contributed by atoms with E-state index in [9.17, 15) is 20.1 Å². The molecule has 15 heavy (non-hydrogen) atoms. The van der Waals surface area contributed by atoms with Crippen LogP contribution in [-0.2, 0) is 14.3 Å². The monoisotopic (exact) mass is 221 g/mol. The number of hydrogen-bond donors (Lipinski definition) is 4. The molecule has 1 saturated heterocycles. The highest BCUT2D eigenvalue weighted by atomic mass is 16.7. The Balaban J connectivity index is 2.75. The summed E-state index contributed by atoms with van der Waals surface area (Å²) in [5, 5.41) is 30.4. The van der Waals surface area contributed by atoms with Gasteiger partial charge in [0.15, 0.2) is 12.6 Å². The second-order valence-corrected chi connectivity index (χ2v) is 3.34. The Kier molecular flexibility index (Phi) is 4.00. The number of hydrogen-bond acceptors (Lipinski definition) is 6. The first-order chi connectivity index (χ1) is 6.97. The van der Waals surface area contributed by atoms with Gasteiger partial charge < -0.3 is 30.1 Å². The SMILES string of the molecule is COC1OC(O)C(O)C(O)C1NC(C)=O. The van der Waals surface area contributed by atoms with Crippen molar-refractivity contribution >= 4 is 5.91 Å². The van der Waals surface area contributed by atoms with Crippen molar-refractivity contribution in [3.63, 3.8) is 0 Å². The highest BCUT2D eigenvalue weighted by Gasteiger charge is 2.44. The third-order valence-corrected chi connectivity index (χ3v) is 2.18. The van der Waals surface area contributed by atoms with E-state index in [1.54, 1.807) is 0 Å². The molecule has 0 spiro atoms. The van der Waals surface area contributed by atoms with Crippen molar-refractivity contribution in [2.45, 2.75) is 37.8 Å². The zero-order chi connectivity index (χ0) is 11.6. The fourth-order valence-corrected chi connectivity index (χ4v) is 1.43. The summed E-state index contributed by atoms with van der Waals surface area (Å²) in [7, 11) is 1.30. The molecule has 88 valence electrons. The van der Waals surface area contributed by atoms with Crippen LogP contribution in [0, 0.1) is 0 Å². The van der Waals surface area contributed by atoms with Gasteiger partial charge in [-0.1, -0.05) is 0 Å². The average molecular weight is 221 g/mol. The van der Waals surface area contributed by atoms with E-state index in [1.165, 1.54) is 14.0 Å². The number of aliphatic hydroxyl groups is 3. The average Bonchev–Trinajstić information content (AvgIpc) is 2.18. The molecule has 1 aliphatic heterocycles. The molecule has 7 nitrogen and oxygen atoms in total. The van der Waals surface area contributed by atoms with E-state index in [4.69, 9.17) is 9.47 Å². The van der Waals surface area contributed by atoms with Crippen LogP contribution in [0.2, 0.25) is 0 Å². The van der Waals surface area contributed by atoms with Crippen LogP contribution in [0.25, 0.3) is 0 Å². The van der Waals surface area contributed by atoms with Gasteiger partial charge in [0.25, 0.3) is 0 Å². The van der Waals surface area contributed by atoms with Crippen LogP contribution in [0.15, 0.2) is 0 Å². The number of rotatable bonds is 2. The van der Waals surface area contributed by atoms with E-state index in [2.05, 4.69) is 5.32 Å². The molecule has 0 aromatic heterocycles. The summed E-state index contributed by atoms with van der Waals surface area (Å²) in [6.45, 7) is 1.26. The molecule has 4 N–H and O–H groups in total. The largest absolute Gasteiger partial charge is 0.388 e. The number of amides is 1. The van der Waals surface area contributed by atoms with E-state index in [1.807, 2.05) is 0 Å². The maximum atomic E-state index is 10.8. The maximum Gasteiger partial charge on any atom is 0.217 e. The summed E-state index contributed by atoms with van der Waals surface area (Å²) in [5.74, 6) is -0.395. The summed E-state index contributed by atoms with van der Waals surface area (Å²) in [6, 6.07) is -0.911. The van der Waals surface area contributed by atoms with Gasteiger partial charge in [0.2, 0.25) is 5.91 Å². The van der Waals surface area contributed by atoms with E-state index in [0.717, 1.165) is 0 Å². The van der Waals surface area contributed by atoms with E-state index < -0.39 is 36.7 Å². The first kappa shape index (κ1) is 12.3. The molecule has 0 radical (unpaired) electrons. The Bertz CT molecular complexity index is 233. The van der Waals surface area contributed by atoms with Gasteiger partial charge in [0, 0.05) is 14.0 Å². The molecular formula is C8H15NO6. The highest BCUT2D eigenvalue weighted by Crippen LogP contribution is 2.20. The van der Waals surface area contributed by atoms with Crippen molar-refractivity contribution in [1.29, 1.82) is 0 Å². The van der Waals surface area contributed by atoms with Crippen LogP contribution in [0.4, 0.5) is 0 Å². The third-order valence-electron chi connectivity index (χ3n) is 2.18. The second-order valence-electron chi connectivity index (χ2n) is 3.34. The Morgan fingerprint density at radius 1 is 1.33 bits per heavy atom. The second kappa shape index (κ2) is 4.86. The van der Waals surface area contributed by atoms with Crippen LogP contribution < -0.4 is 5.32 Å². The fourth-order valence-electron chi connectivity index (χ4n) is 1.43. The van der Waals surface area contributed by atoms with Crippen LogP contribution in [-0.4, -0.2) is 59.2 Å². The predicted molar refractivity (Wildman–Crippen MR) is 47.5 cm³/mol. The van der Waals surface area contributed by atoms with Crippen LogP contribution in [0.5, 0.6) is 0 Å². The molecule has 0 aromatic rings. The number of carbonyl (C=O) groups excluding carboxylic acids is 1. The molecular weight excluding hydrogens is 206 g/mol. The summed E-state index contributed by atoms with van der Waals surface area (Å²) < 4.78 is 9.67. The fraction of sp³-hybridized carbons (Fsp3) is 0.875. The highest BCUT2D eigenvalue weighted by molar-refractivity contribution is 5.73. The maximum absolute atomic E-state index is 10.8. The summed E-state index contributed by atoms with van der Waals surface area (Å²) in [4.78, 5) is 10.8. The molecule has 0 aromatic carbocycles. The molecule has 7 heteroatoms. The standard InChI is InChI=1S/C8H15NO6/c1-3(10)9-4-5(11)6(12)7(13)15-8(4)14-2/h4-8,11-13H,1-2H3,(H,9,10). The normalized spacial score (nSPS) is 41.3. The lowest BCUT2D eigenvalue weighted by Gasteiger charge is -2.40. The minimum atomic E-state index is -1.53. The van der Waals surface area contributed by atoms with E-state index in [0.29, 0.717) is 0 Å². The predicted octanol–water partition coefficient (Wildman–Crippen LogP) is -2.47. The lowest BCUT2D eigenvalue weighted by molar-refractivity contribution is -0.310. The molecule has 0 bridgehead atoms. The van der Waals surface area contributed by atoms with Gasteiger partial charge in [-0.2, -0.15) is 0 Å². The van der Waals surface area contributed by atoms with Gasteiger partial charge in [0.1, 0.15) is 18.2 Å².